The van der Waals surface area contributed by atoms with Crippen LogP contribution in [0.25, 0.3) is 0 Å². The Balaban J connectivity index is 1.80. The molecule has 2 saturated heterocycles. The maximum atomic E-state index is 14.2. The highest BCUT2D eigenvalue weighted by atomic mass is 19.1. The van der Waals surface area contributed by atoms with Gasteiger partial charge in [-0.25, -0.2) is 4.39 Å². The fourth-order valence-corrected chi connectivity index (χ4v) is 3.36. The molecule has 1 aromatic carbocycles. The summed E-state index contributed by atoms with van der Waals surface area (Å²) < 4.78 is 14.2. The zero-order valence-electron chi connectivity index (χ0n) is 11.9. The van der Waals surface area contributed by atoms with Crippen molar-refractivity contribution in [3.05, 3.63) is 29.6 Å². The second kappa shape index (κ2) is 6.10. The Bertz CT molecular complexity index is 460. The summed E-state index contributed by atoms with van der Waals surface area (Å²) >= 11 is 0. The van der Waals surface area contributed by atoms with Crippen LogP contribution in [-0.4, -0.2) is 42.3 Å². The second-order valence-electron chi connectivity index (χ2n) is 5.96. The Hall–Kier alpha value is -1.13. The van der Waals surface area contributed by atoms with Crippen LogP contribution in [0.1, 0.15) is 31.2 Å². The van der Waals surface area contributed by atoms with Gasteiger partial charge in [0.2, 0.25) is 0 Å². The van der Waals surface area contributed by atoms with Crippen molar-refractivity contribution >= 4 is 5.69 Å². The van der Waals surface area contributed by atoms with Crippen molar-refractivity contribution in [2.24, 2.45) is 0 Å². The number of likely N-dealkylation sites (tertiary alicyclic amines) is 1. The number of aliphatic hydroxyl groups is 1. The van der Waals surface area contributed by atoms with E-state index in [1.807, 2.05) is 6.07 Å². The summed E-state index contributed by atoms with van der Waals surface area (Å²) in [6.45, 7) is 4.27. The van der Waals surface area contributed by atoms with Crippen LogP contribution >= 0.6 is 0 Å². The van der Waals surface area contributed by atoms with E-state index >= 15 is 0 Å². The summed E-state index contributed by atoms with van der Waals surface area (Å²) in [7, 11) is 0. The predicted molar refractivity (Wildman–Crippen MR) is 78.4 cm³/mol. The molecule has 0 aromatic heterocycles. The van der Waals surface area contributed by atoms with E-state index in [4.69, 9.17) is 0 Å². The third kappa shape index (κ3) is 2.96. The number of β-amino-alcohol motifs (C(OH)–C–C–N with tert-alkyl or cyclic N) is 1. The van der Waals surface area contributed by atoms with E-state index in [2.05, 4.69) is 9.80 Å². The van der Waals surface area contributed by atoms with Gasteiger partial charge in [0.15, 0.2) is 0 Å². The van der Waals surface area contributed by atoms with Gasteiger partial charge in [-0.1, -0.05) is 6.07 Å². The Morgan fingerprint density at radius 1 is 1.15 bits per heavy atom. The first-order valence-electron chi connectivity index (χ1n) is 7.67. The molecule has 2 heterocycles. The molecular weight excluding hydrogens is 255 g/mol. The highest BCUT2D eigenvalue weighted by Crippen LogP contribution is 2.28. The molecule has 0 radical (unpaired) electrons. The fourth-order valence-electron chi connectivity index (χ4n) is 3.36. The van der Waals surface area contributed by atoms with E-state index in [1.165, 1.54) is 12.8 Å². The highest BCUT2D eigenvalue weighted by molar-refractivity contribution is 5.54. The Labute approximate surface area is 120 Å². The molecule has 1 atom stereocenters. The van der Waals surface area contributed by atoms with Gasteiger partial charge in [-0.3, -0.25) is 4.90 Å². The van der Waals surface area contributed by atoms with Crippen LogP contribution in [0.5, 0.6) is 0 Å². The Morgan fingerprint density at radius 2 is 1.95 bits per heavy atom. The molecule has 3 nitrogen and oxygen atoms in total. The monoisotopic (exact) mass is 278 g/mol. The number of halogens is 1. The van der Waals surface area contributed by atoms with E-state index in [0.717, 1.165) is 43.7 Å². The first-order valence-corrected chi connectivity index (χ1v) is 7.67. The normalized spacial score (nSPS) is 24.3. The van der Waals surface area contributed by atoms with E-state index in [-0.39, 0.29) is 11.9 Å². The first kappa shape index (κ1) is 13.8. The minimum atomic E-state index is -0.259. The second-order valence-corrected chi connectivity index (χ2v) is 5.96. The van der Waals surface area contributed by atoms with Gasteiger partial charge in [0.1, 0.15) is 5.82 Å². The molecule has 2 aliphatic heterocycles. The lowest BCUT2D eigenvalue weighted by atomic mass is 10.1. The summed E-state index contributed by atoms with van der Waals surface area (Å²) in [5.74, 6) is -0.116. The molecule has 1 N–H and O–H groups in total. The van der Waals surface area contributed by atoms with Gasteiger partial charge in [0.05, 0.1) is 6.10 Å². The van der Waals surface area contributed by atoms with Crippen molar-refractivity contribution in [1.29, 1.82) is 0 Å². The smallest absolute Gasteiger partial charge is 0.129 e. The molecule has 0 amide bonds. The van der Waals surface area contributed by atoms with Gasteiger partial charge in [-0.2, -0.15) is 0 Å². The quantitative estimate of drug-likeness (QED) is 0.919. The van der Waals surface area contributed by atoms with E-state index in [0.29, 0.717) is 13.1 Å². The summed E-state index contributed by atoms with van der Waals surface area (Å²) in [6, 6.07) is 5.39. The summed E-state index contributed by atoms with van der Waals surface area (Å²) in [5, 5.41) is 9.76. The van der Waals surface area contributed by atoms with Crippen molar-refractivity contribution in [3.8, 4) is 0 Å². The zero-order valence-corrected chi connectivity index (χ0v) is 11.9. The number of hydrogen-bond donors (Lipinski definition) is 1. The van der Waals surface area contributed by atoms with Crippen LogP contribution in [0, 0.1) is 5.82 Å². The van der Waals surface area contributed by atoms with Gasteiger partial charge in [0, 0.05) is 37.4 Å². The SMILES string of the molecule is OC1CCCN(Cc2c(F)cccc2N2CCCC2)C1. The van der Waals surface area contributed by atoms with Crippen LogP contribution in [0.2, 0.25) is 0 Å². The number of aliphatic hydroxyl groups excluding tert-OH is 1. The number of anilines is 1. The highest BCUT2D eigenvalue weighted by Gasteiger charge is 2.22. The Morgan fingerprint density at radius 3 is 2.70 bits per heavy atom. The molecule has 2 fully saturated rings. The van der Waals surface area contributed by atoms with Crippen molar-refractivity contribution in [3.63, 3.8) is 0 Å². The lowest BCUT2D eigenvalue weighted by Crippen LogP contribution is -2.38. The molecule has 4 heteroatoms. The van der Waals surface area contributed by atoms with Crippen molar-refractivity contribution in [2.75, 3.05) is 31.1 Å². The topological polar surface area (TPSA) is 26.7 Å². The largest absolute Gasteiger partial charge is 0.392 e. The summed E-state index contributed by atoms with van der Waals surface area (Å²) in [4.78, 5) is 4.46. The third-order valence-corrected chi connectivity index (χ3v) is 4.40. The number of nitrogens with zero attached hydrogens (tertiary/aromatic N) is 2. The average Bonchev–Trinajstić information content (AvgIpc) is 2.95. The molecular formula is C16H23FN2O. The molecule has 1 aromatic rings. The minimum absolute atomic E-state index is 0.116. The molecule has 20 heavy (non-hydrogen) atoms. The van der Waals surface area contributed by atoms with Crippen LogP contribution in [-0.2, 0) is 6.54 Å². The lowest BCUT2D eigenvalue weighted by Gasteiger charge is -2.31. The molecule has 2 aliphatic rings. The fraction of sp³-hybridized carbons (Fsp3) is 0.625. The molecule has 0 bridgehead atoms. The molecule has 3 rings (SSSR count). The molecule has 0 saturated carbocycles. The molecule has 110 valence electrons. The van der Waals surface area contributed by atoms with Crippen LogP contribution in [0.4, 0.5) is 10.1 Å². The van der Waals surface area contributed by atoms with E-state index in [9.17, 15) is 9.50 Å². The predicted octanol–water partition coefficient (Wildman–Crippen LogP) is 2.38. The van der Waals surface area contributed by atoms with E-state index in [1.54, 1.807) is 12.1 Å². The van der Waals surface area contributed by atoms with Gasteiger partial charge in [0.25, 0.3) is 0 Å². The van der Waals surface area contributed by atoms with Crippen LogP contribution in [0.3, 0.4) is 0 Å². The standard InChI is InChI=1S/C16H23FN2O/c17-15-6-3-7-16(19-9-1-2-10-19)14(15)12-18-8-4-5-13(20)11-18/h3,6-7,13,20H,1-2,4-5,8-12H2. The Kier molecular flexibility index (Phi) is 4.22. The molecule has 0 aliphatic carbocycles. The lowest BCUT2D eigenvalue weighted by molar-refractivity contribution is 0.0663. The number of hydrogen-bond acceptors (Lipinski definition) is 3. The maximum absolute atomic E-state index is 14.2. The molecule has 1 unspecified atom stereocenters. The number of benzene rings is 1. The number of rotatable bonds is 3. The van der Waals surface area contributed by atoms with Crippen LogP contribution in [0.15, 0.2) is 18.2 Å². The van der Waals surface area contributed by atoms with Crippen molar-refractivity contribution in [1.82, 2.24) is 4.90 Å². The molecule has 0 spiro atoms. The van der Waals surface area contributed by atoms with Crippen LogP contribution < -0.4 is 4.90 Å². The van der Waals surface area contributed by atoms with Gasteiger partial charge >= 0.3 is 0 Å². The van der Waals surface area contributed by atoms with Crippen molar-refractivity contribution < 1.29 is 9.50 Å². The van der Waals surface area contributed by atoms with E-state index < -0.39 is 0 Å². The summed E-state index contributed by atoms with van der Waals surface area (Å²) in [5.41, 5.74) is 1.84. The average molecular weight is 278 g/mol. The number of piperidine rings is 1. The van der Waals surface area contributed by atoms with Gasteiger partial charge < -0.3 is 10.0 Å². The van der Waals surface area contributed by atoms with Gasteiger partial charge in [-0.05, 0) is 44.4 Å². The third-order valence-electron chi connectivity index (χ3n) is 4.40. The van der Waals surface area contributed by atoms with Gasteiger partial charge in [-0.15, -0.1) is 0 Å². The zero-order chi connectivity index (χ0) is 13.9. The summed E-state index contributed by atoms with van der Waals surface area (Å²) in [6.07, 6.45) is 3.99. The van der Waals surface area contributed by atoms with Crippen molar-refractivity contribution in [2.45, 2.75) is 38.3 Å². The first-order chi connectivity index (χ1) is 9.74. The maximum Gasteiger partial charge on any atom is 0.129 e. The minimum Gasteiger partial charge on any atom is -0.392 e.